The molecule has 0 amide bonds. The Morgan fingerprint density at radius 2 is 2.10 bits per heavy atom. The van der Waals surface area contributed by atoms with Crippen molar-refractivity contribution in [2.45, 2.75) is 38.8 Å². The second kappa shape index (κ2) is 7.04. The van der Waals surface area contributed by atoms with Gasteiger partial charge in [-0.05, 0) is 58.1 Å². The molecule has 112 valence electrons. The third-order valence-electron chi connectivity index (χ3n) is 4.30. The van der Waals surface area contributed by atoms with Gasteiger partial charge in [0.05, 0.1) is 0 Å². The Kier molecular flexibility index (Phi) is 5.38. The first-order valence-corrected chi connectivity index (χ1v) is 7.72. The van der Waals surface area contributed by atoms with Gasteiger partial charge >= 0.3 is 0 Å². The molecule has 20 heavy (non-hydrogen) atoms. The highest BCUT2D eigenvalue weighted by Gasteiger charge is 2.21. The van der Waals surface area contributed by atoms with Crippen LogP contribution in [0.5, 0.6) is 0 Å². The van der Waals surface area contributed by atoms with E-state index >= 15 is 0 Å². The lowest BCUT2D eigenvalue weighted by Gasteiger charge is -2.36. The van der Waals surface area contributed by atoms with Gasteiger partial charge in [-0.1, -0.05) is 6.92 Å². The van der Waals surface area contributed by atoms with E-state index in [9.17, 15) is 0 Å². The summed E-state index contributed by atoms with van der Waals surface area (Å²) in [5.41, 5.74) is 1.33. The molecule has 4 nitrogen and oxygen atoms in total. The Bertz CT molecular complexity index is 411. The summed E-state index contributed by atoms with van der Waals surface area (Å²) in [4.78, 5) is 9.32. The summed E-state index contributed by atoms with van der Waals surface area (Å²) >= 11 is 0. The third-order valence-corrected chi connectivity index (χ3v) is 4.30. The molecule has 4 heteroatoms. The molecule has 1 aliphatic heterocycles. The minimum Gasteiger partial charge on any atom is -0.356 e. The van der Waals surface area contributed by atoms with Crippen LogP contribution in [0.3, 0.4) is 0 Å². The van der Waals surface area contributed by atoms with Crippen molar-refractivity contribution in [1.82, 2.24) is 15.2 Å². The molecule has 0 aliphatic carbocycles. The smallest absolute Gasteiger partial charge is 0.128 e. The monoisotopic (exact) mass is 276 g/mol. The van der Waals surface area contributed by atoms with E-state index < -0.39 is 0 Å². The molecule has 0 radical (unpaired) electrons. The number of nitrogens with one attached hydrogen (secondary N) is 1. The van der Waals surface area contributed by atoms with E-state index in [2.05, 4.69) is 60.2 Å². The number of pyridine rings is 1. The van der Waals surface area contributed by atoms with Crippen molar-refractivity contribution in [2.24, 2.45) is 0 Å². The number of hydrogen-bond acceptors (Lipinski definition) is 4. The normalized spacial score (nSPS) is 18.6. The van der Waals surface area contributed by atoms with E-state index in [0.717, 1.165) is 31.5 Å². The highest BCUT2D eigenvalue weighted by molar-refractivity contribution is 5.42. The van der Waals surface area contributed by atoms with Gasteiger partial charge in [-0.15, -0.1) is 0 Å². The first-order valence-electron chi connectivity index (χ1n) is 7.72. The summed E-state index contributed by atoms with van der Waals surface area (Å²) in [6.07, 6.45) is 4.39. The van der Waals surface area contributed by atoms with Crippen LogP contribution in [0.25, 0.3) is 0 Å². The highest BCUT2D eigenvalue weighted by Crippen LogP contribution is 2.22. The van der Waals surface area contributed by atoms with Gasteiger partial charge in [-0.25, -0.2) is 4.98 Å². The topological polar surface area (TPSA) is 31.4 Å². The average molecular weight is 276 g/mol. The summed E-state index contributed by atoms with van der Waals surface area (Å²) in [5.74, 6) is 1.13. The van der Waals surface area contributed by atoms with Gasteiger partial charge in [0, 0.05) is 31.4 Å². The largest absolute Gasteiger partial charge is 0.356 e. The number of anilines is 1. The van der Waals surface area contributed by atoms with Crippen molar-refractivity contribution in [1.29, 1.82) is 0 Å². The van der Waals surface area contributed by atoms with Crippen LogP contribution in [-0.4, -0.2) is 49.7 Å². The number of piperidine rings is 1. The molecule has 0 spiro atoms. The second-order valence-electron chi connectivity index (χ2n) is 5.91. The summed E-state index contributed by atoms with van der Waals surface area (Å²) in [7, 11) is 4.36. The first kappa shape index (κ1) is 15.3. The molecule has 2 rings (SSSR count). The summed E-state index contributed by atoms with van der Waals surface area (Å²) < 4.78 is 0. The third kappa shape index (κ3) is 3.70. The fourth-order valence-electron chi connectivity index (χ4n) is 2.91. The molecule has 1 aliphatic rings. The van der Waals surface area contributed by atoms with Crippen molar-refractivity contribution in [3.05, 3.63) is 23.9 Å². The number of aromatic nitrogens is 1. The zero-order valence-electron chi connectivity index (χ0n) is 13.3. The molecule has 2 heterocycles. The molecule has 0 bridgehead atoms. The molecule has 1 unspecified atom stereocenters. The van der Waals surface area contributed by atoms with E-state index in [0.29, 0.717) is 6.04 Å². The van der Waals surface area contributed by atoms with E-state index in [1.807, 2.05) is 6.20 Å². The maximum atomic E-state index is 4.56. The zero-order chi connectivity index (χ0) is 14.5. The van der Waals surface area contributed by atoms with Crippen molar-refractivity contribution in [3.8, 4) is 0 Å². The molecule has 0 aromatic carbocycles. The van der Waals surface area contributed by atoms with E-state index in [4.69, 9.17) is 0 Å². The number of rotatable bonds is 5. The van der Waals surface area contributed by atoms with Crippen LogP contribution < -0.4 is 10.2 Å². The lowest BCUT2D eigenvalue weighted by molar-refractivity contribution is 0.249. The number of hydrogen-bond donors (Lipinski definition) is 1. The van der Waals surface area contributed by atoms with Gasteiger partial charge in [-0.2, -0.15) is 0 Å². The molecule has 1 aromatic heterocycles. The van der Waals surface area contributed by atoms with Crippen LogP contribution in [0.1, 0.15) is 38.3 Å². The maximum absolute atomic E-state index is 4.56. The summed E-state index contributed by atoms with van der Waals surface area (Å²) in [5, 5.41) is 3.46. The fraction of sp³-hybridized carbons (Fsp3) is 0.688. The second-order valence-corrected chi connectivity index (χ2v) is 5.91. The predicted molar refractivity (Wildman–Crippen MR) is 85.3 cm³/mol. The Hall–Kier alpha value is -1.13. The molecular formula is C16H28N4. The Morgan fingerprint density at radius 1 is 1.40 bits per heavy atom. The van der Waals surface area contributed by atoms with Crippen molar-refractivity contribution >= 4 is 5.82 Å². The zero-order valence-corrected chi connectivity index (χ0v) is 13.3. The lowest BCUT2D eigenvalue weighted by Crippen LogP contribution is -2.42. The Balaban J connectivity index is 2.01. The average Bonchev–Trinajstić information content (AvgIpc) is 2.48. The van der Waals surface area contributed by atoms with Crippen LogP contribution in [0, 0.1) is 0 Å². The van der Waals surface area contributed by atoms with Gasteiger partial charge in [0.2, 0.25) is 0 Å². The van der Waals surface area contributed by atoms with Gasteiger partial charge in [0.15, 0.2) is 0 Å². The minimum absolute atomic E-state index is 0.390. The SMILES string of the molecule is CCNC(C)c1ccnc(N2CCC(N(C)C)CC2)c1. The molecular weight excluding hydrogens is 248 g/mol. The van der Waals surface area contributed by atoms with Crippen molar-refractivity contribution < 1.29 is 0 Å². The lowest BCUT2D eigenvalue weighted by atomic mass is 10.0. The van der Waals surface area contributed by atoms with E-state index in [-0.39, 0.29) is 0 Å². The van der Waals surface area contributed by atoms with Crippen LogP contribution in [0.15, 0.2) is 18.3 Å². The maximum Gasteiger partial charge on any atom is 0.128 e. The van der Waals surface area contributed by atoms with Crippen LogP contribution in [0.4, 0.5) is 5.82 Å². The predicted octanol–water partition coefficient (Wildman–Crippen LogP) is 2.28. The van der Waals surface area contributed by atoms with Crippen molar-refractivity contribution in [2.75, 3.05) is 38.6 Å². The Morgan fingerprint density at radius 3 is 2.70 bits per heavy atom. The van der Waals surface area contributed by atoms with Crippen LogP contribution in [-0.2, 0) is 0 Å². The van der Waals surface area contributed by atoms with Crippen LogP contribution >= 0.6 is 0 Å². The first-order chi connectivity index (χ1) is 9.61. The summed E-state index contributed by atoms with van der Waals surface area (Å²) in [6, 6.07) is 5.46. The molecule has 1 saturated heterocycles. The van der Waals surface area contributed by atoms with Crippen molar-refractivity contribution in [3.63, 3.8) is 0 Å². The minimum atomic E-state index is 0.390. The standard InChI is InChI=1S/C16H28N4/c1-5-17-13(2)14-6-9-18-16(12-14)20-10-7-15(8-11-20)19(3)4/h6,9,12-13,15,17H,5,7-8,10-11H2,1-4H3. The van der Waals surface area contributed by atoms with Gasteiger partial charge in [0.1, 0.15) is 5.82 Å². The van der Waals surface area contributed by atoms with Gasteiger partial charge < -0.3 is 15.1 Å². The van der Waals surface area contributed by atoms with Crippen LogP contribution in [0.2, 0.25) is 0 Å². The van der Waals surface area contributed by atoms with E-state index in [1.165, 1.54) is 18.4 Å². The molecule has 1 fully saturated rings. The number of nitrogens with zero attached hydrogens (tertiary/aromatic N) is 3. The highest BCUT2D eigenvalue weighted by atomic mass is 15.2. The van der Waals surface area contributed by atoms with E-state index in [1.54, 1.807) is 0 Å². The fourth-order valence-corrected chi connectivity index (χ4v) is 2.91. The molecule has 1 aromatic rings. The molecule has 1 atom stereocenters. The quantitative estimate of drug-likeness (QED) is 0.894. The molecule has 0 saturated carbocycles. The Labute approximate surface area is 123 Å². The van der Waals surface area contributed by atoms with Gasteiger partial charge in [-0.3, -0.25) is 0 Å². The van der Waals surface area contributed by atoms with Gasteiger partial charge in [0.25, 0.3) is 0 Å². The molecule has 1 N–H and O–H groups in total. The summed E-state index contributed by atoms with van der Waals surface area (Å²) in [6.45, 7) is 7.56.